The largest absolute Gasteiger partial charge is 0.378 e. The van der Waals surface area contributed by atoms with Crippen molar-refractivity contribution in [2.75, 3.05) is 11.6 Å². The number of thiophene rings is 1. The second-order valence-corrected chi connectivity index (χ2v) is 5.31. The molecule has 0 radical (unpaired) electrons. The van der Waals surface area contributed by atoms with Gasteiger partial charge in [-0.2, -0.15) is 11.3 Å². The van der Waals surface area contributed by atoms with Crippen LogP contribution in [0.1, 0.15) is 18.5 Å². The maximum absolute atomic E-state index is 3.51. The second kappa shape index (κ2) is 5.41. The van der Waals surface area contributed by atoms with Gasteiger partial charge >= 0.3 is 0 Å². The molecular weight excluding hydrogens is 234 g/mol. The Hall–Kier alpha value is -0.930. The molecule has 0 amide bonds. The van der Waals surface area contributed by atoms with Crippen LogP contribution in [-0.2, 0) is 0 Å². The first-order valence-electron chi connectivity index (χ1n) is 5.22. The maximum Gasteiger partial charge on any atom is 0.0493 e. The van der Waals surface area contributed by atoms with Gasteiger partial charge in [0.2, 0.25) is 0 Å². The summed E-state index contributed by atoms with van der Waals surface area (Å²) < 4.78 is 0. The smallest absolute Gasteiger partial charge is 0.0493 e. The summed E-state index contributed by atoms with van der Waals surface area (Å²) in [6.07, 6.45) is 2.10. The van der Waals surface area contributed by atoms with Crippen LogP contribution in [0.25, 0.3) is 0 Å². The van der Waals surface area contributed by atoms with E-state index < -0.39 is 0 Å². The van der Waals surface area contributed by atoms with Crippen LogP contribution in [0.2, 0.25) is 0 Å². The summed E-state index contributed by atoms with van der Waals surface area (Å²) in [5, 5.41) is 7.82. The molecule has 16 heavy (non-hydrogen) atoms. The zero-order valence-corrected chi connectivity index (χ0v) is 11.1. The van der Waals surface area contributed by atoms with Crippen LogP contribution in [0.15, 0.2) is 46.0 Å². The number of benzene rings is 1. The highest BCUT2D eigenvalue weighted by atomic mass is 32.2. The van der Waals surface area contributed by atoms with Gasteiger partial charge in [0, 0.05) is 16.6 Å². The van der Waals surface area contributed by atoms with E-state index in [0.717, 1.165) is 0 Å². The SMILES string of the molecule is CSc1cccc(NC(C)c2ccsc2)c1. The molecule has 1 unspecified atom stereocenters. The predicted molar refractivity (Wildman–Crippen MR) is 74.6 cm³/mol. The average molecular weight is 249 g/mol. The van der Waals surface area contributed by atoms with E-state index in [2.05, 4.69) is 59.6 Å². The third-order valence-corrected chi connectivity index (χ3v) is 3.92. The fourth-order valence-corrected chi connectivity index (χ4v) is 2.78. The summed E-state index contributed by atoms with van der Waals surface area (Å²) in [5.41, 5.74) is 2.53. The molecule has 0 saturated heterocycles. The Balaban J connectivity index is 2.08. The molecule has 2 aromatic rings. The highest BCUT2D eigenvalue weighted by molar-refractivity contribution is 7.98. The number of nitrogens with one attached hydrogen (secondary N) is 1. The molecule has 0 spiro atoms. The van der Waals surface area contributed by atoms with Crippen molar-refractivity contribution in [2.45, 2.75) is 17.9 Å². The fraction of sp³-hybridized carbons (Fsp3) is 0.231. The van der Waals surface area contributed by atoms with Crippen LogP contribution in [0.4, 0.5) is 5.69 Å². The van der Waals surface area contributed by atoms with Gasteiger partial charge in [-0.25, -0.2) is 0 Å². The van der Waals surface area contributed by atoms with Crippen molar-refractivity contribution in [2.24, 2.45) is 0 Å². The molecule has 1 N–H and O–H groups in total. The monoisotopic (exact) mass is 249 g/mol. The topological polar surface area (TPSA) is 12.0 Å². The molecule has 1 heterocycles. The first kappa shape index (κ1) is 11.6. The van der Waals surface area contributed by atoms with Gasteiger partial charge in [-0.15, -0.1) is 11.8 Å². The molecule has 1 aromatic carbocycles. The summed E-state index contributed by atoms with van der Waals surface area (Å²) >= 11 is 3.51. The van der Waals surface area contributed by atoms with Gasteiger partial charge in [0.25, 0.3) is 0 Å². The first-order valence-corrected chi connectivity index (χ1v) is 7.39. The summed E-state index contributed by atoms with van der Waals surface area (Å²) in [6.45, 7) is 2.19. The predicted octanol–water partition coefficient (Wildman–Crippen LogP) is 4.64. The van der Waals surface area contributed by atoms with E-state index >= 15 is 0 Å². The molecule has 0 bridgehead atoms. The molecule has 0 fully saturated rings. The van der Waals surface area contributed by atoms with Gasteiger partial charge in [0.1, 0.15) is 0 Å². The first-order chi connectivity index (χ1) is 7.79. The van der Waals surface area contributed by atoms with E-state index in [9.17, 15) is 0 Å². The van der Waals surface area contributed by atoms with E-state index in [4.69, 9.17) is 0 Å². The van der Waals surface area contributed by atoms with Gasteiger partial charge in [0.15, 0.2) is 0 Å². The normalized spacial score (nSPS) is 12.4. The van der Waals surface area contributed by atoms with E-state index in [-0.39, 0.29) is 0 Å². The maximum atomic E-state index is 3.51. The number of anilines is 1. The third kappa shape index (κ3) is 2.80. The highest BCUT2D eigenvalue weighted by Gasteiger charge is 2.05. The molecule has 2 rings (SSSR count). The molecule has 1 atom stereocenters. The zero-order valence-electron chi connectivity index (χ0n) is 9.44. The molecular formula is C13H15NS2. The van der Waals surface area contributed by atoms with E-state index in [1.165, 1.54) is 16.1 Å². The standard InChI is InChI=1S/C13H15NS2/c1-10(11-6-7-16-9-11)14-12-4-3-5-13(8-12)15-2/h3-10,14H,1-2H3. The van der Waals surface area contributed by atoms with Crippen molar-refractivity contribution >= 4 is 28.8 Å². The minimum absolute atomic E-state index is 0.364. The lowest BCUT2D eigenvalue weighted by Crippen LogP contribution is -2.05. The van der Waals surface area contributed by atoms with Crippen molar-refractivity contribution in [3.05, 3.63) is 46.7 Å². The van der Waals surface area contributed by atoms with E-state index in [0.29, 0.717) is 6.04 Å². The average Bonchev–Trinajstić information content (AvgIpc) is 2.83. The quantitative estimate of drug-likeness (QED) is 0.792. The van der Waals surface area contributed by atoms with Crippen molar-refractivity contribution in [3.8, 4) is 0 Å². The Morgan fingerprint density at radius 3 is 2.88 bits per heavy atom. The zero-order chi connectivity index (χ0) is 11.4. The van der Waals surface area contributed by atoms with Crippen molar-refractivity contribution in [1.82, 2.24) is 0 Å². The van der Waals surface area contributed by atoms with Crippen LogP contribution in [0.5, 0.6) is 0 Å². The van der Waals surface area contributed by atoms with Gasteiger partial charge in [-0.1, -0.05) is 6.07 Å². The number of rotatable bonds is 4. The molecule has 1 aromatic heterocycles. The van der Waals surface area contributed by atoms with Crippen molar-refractivity contribution < 1.29 is 0 Å². The minimum atomic E-state index is 0.364. The number of thioether (sulfide) groups is 1. The van der Waals surface area contributed by atoms with Crippen LogP contribution in [0.3, 0.4) is 0 Å². The van der Waals surface area contributed by atoms with Crippen LogP contribution < -0.4 is 5.32 Å². The number of hydrogen-bond donors (Lipinski definition) is 1. The van der Waals surface area contributed by atoms with Gasteiger partial charge in [0.05, 0.1) is 0 Å². The molecule has 84 valence electrons. The summed E-state index contributed by atoms with van der Waals surface area (Å²) in [4.78, 5) is 1.29. The van der Waals surface area contributed by atoms with Gasteiger partial charge in [-0.05, 0) is 53.8 Å². The highest BCUT2D eigenvalue weighted by Crippen LogP contribution is 2.24. The summed E-state index contributed by atoms with van der Waals surface area (Å²) in [7, 11) is 0. The Morgan fingerprint density at radius 2 is 2.19 bits per heavy atom. The number of hydrogen-bond acceptors (Lipinski definition) is 3. The van der Waals surface area contributed by atoms with Gasteiger partial charge in [-0.3, -0.25) is 0 Å². The summed E-state index contributed by atoms with van der Waals surface area (Å²) in [5.74, 6) is 0. The molecule has 1 nitrogen and oxygen atoms in total. The summed E-state index contributed by atoms with van der Waals surface area (Å²) in [6, 6.07) is 11.1. The Labute approximate surface area is 105 Å². The van der Waals surface area contributed by atoms with E-state index in [1.54, 1.807) is 23.1 Å². The Morgan fingerprint density at radius 1 is 1.31 bits per heavy atom. The second-order valence-electron chi connectivity index (χ2n) is 3.65. The lowest BCUT2D eigenvalue weighted by atomic mass is 10.2. The fourth-order valence-electron chi connectivity index (χ4n) is 1.57. The molecule has 0 saturated carbocycles. The van der Waals surface area contributed by atoms with E-state index in [1.807, 2.05) is 0 Å². The lowest BCUT2D eigenvalue weighted by molar-refractivity contribution is 0.889. The lowest BCUT2D eigenvalue weighted by Gasteiger charge is -2.14. The molecule has 3 heteroatoms. The van der Waals surface area contributed by atoms with Crippen LogP contribution in [-0.4, -0.2) is 6.26 Å². The van der Waals surface area contributed by atoms with Crippen LogP contribution >= 0.6 is 23.1 Å². The third-order valence-electron chi connectivity index (χ3n) is 2.50. The van der Waals surface area contributed by atoms with Gasteiger partial charge < -0.3 is 5.32 Å². The Bertz CT molecular complexity index is 437. The molecule has 0 aliphatic heterocycles. The Kier molecular flexibility index (Phi) is 3.91. The van der Waals surface area contributed by atoms with Crippen molar-refractivity contribution in [3.63, 3.8) is 0 Å². The van der Waals surface area contributed by atoms with Crippen molar-refractivity contribution in [1.29, 1.82) is 0 Å². The minimum Gasteiger partial charge on any atom is -0.378 e. The molecule has 0 aliphatic rings. The molecule has 0 aliphatic carbocycles. The van der Waals surface area contributed by atoms with Crippen LogP contribution in [0, 0.1) is 0 Å².